The van der Waals surface area contributed by atoms with Crippen LogP contribution in [0.15, 0.2) is 93.0 Å². The van der Waals surface area contributed by atoms with Crippen molar-refractivity contribution in [2.45, 2.75) is 93.3 Å². The molecule has 0 aliphatic carbocycles. The molecule has 9 N–H and O–H groups in total. The standard InChI is InChI=1S/2C29H35Cl2N7O4.C28H33Cl2N7O4/c1-5-23(39)34-18-7-9-42-15-20(18)36-29-33-13-17-10-19(24-25(30)21(40-3)11-22(41-4)26(24)31)35-28(27(17)37-29)32-12-16-6-8-38(2)14-16;1-5-23(39)34-18-8-10-42-15-20(18)36-29-33-13-16-11-19(24-25(30)21(40-3)12-22(41-4)26(24)31)35-28(27(16)37-29)32-14-17-7-6-9-38(17)2;1-5-22(38)33-17-7-9-41-14-19(17)35-28-31-12-15-10-18(23-24(29)20(39-3)11-21(40-4)25(23)30)34-27(26(15)36-28)32-16-6-8-37(2)13-16/h5,10-11,13,16,18,20H,1,6-9,12,14-15H2,2-4H3,(H,32,35)(H,34,39)(H,33,36,37);5,11-13,17-18,20H,1,6-10,14-15H2,2-4H3,(H,32,35)(H,34,39)(H,33,36,37);5,10-12,16-17,19H,1,6-9,13-14H2,2-4H3,(H,32,34)(H,33,38)(H,31,35,36)/t16?,18-,20+;17?,18-,20+;16?,17-,19+/m000/s1. The molecule has 666 valence electrons. The molecule has 6 saturated heterocycles. The third-order valence-corrected chi connectivity index (χ3v) is 24.9. The van der Waals surface area contributed by atoms with Crippen molar-refractivity contribution in [3.8, 4) is 68.3 Å². The van der Waals surface area contributed by atoms with Gasteiger partial charge in [-0.2, -0.15) is 0 Å². The van der Waals surface area contributed by atoms with E-state index in [4.69, 9.17) is 142 Å². The smallest absolute Gasteiger partial charge is 0.243 e. The highest BCUT2D eigenvalue weighted by Crippen LogP contribution is 2.50. The molecule has 6 aromatic heterocycles. The van der Waals surface area contributed by atoms with E-state index in [9.17, 15) is 14.4 Å². The molecule has 12 heterocycles. The number of carbonyl (C=O) groups is 3. The lowest BCUT2D eigenvalue weighted by atomic mass is 10.0. The minimum absolute atomic E-state index is 0.159. The Bertz CT molecular complexity index is 5360. The number of benzene rings is 3. The molecule has 9 aromatic rings. The Labute approximate surface area is 754 Å². The number of fused-ring (bicyclic) bond motifs is 3. The highest BCUT2D eigenvalue weighted by Gasteiger charge is 2.34. The minimum atomic E-state index is -0.237. The van der Waals surface area contributed by atoms with E-state index in [1.54, 1.807) is 36.8 Å². The Hall–Kier alpha value is -10.1. The SMILES string of the molecule is C=CC(=O)N[C@H]1CCOC[C@H]1Nc1ncc2cc(-c3c(Cl)c(OC)cc(OC)c3Cl)nc(NC3CCN(C)C3)c2n1.C=CC(=O)N[C@H]1CCOC[C@H]1Nc1ncc2cc(-c3c(Cl)c(OC)cc(OC)c3Cl)nc(NCC3CCCN3C)c2n1.C=CC(=O)N[C@H]1CCOC[C@H]1Nc1ncc2cc(-c3c(Cl)c(OC)cc(OC)c3Cl)nc(NCC3CCN(C)C3)c2n1. The van der Waals surface area contributed by atoms with Gasteiger partial charge in [-0.05, 0) is 128 Å². The number of anilines is 6. The molecule has 125 heavy (non-hydrogen) atoms. The molecule has 15 rings (SSSR count). The van der Waals surface area contributed by atoms with Crippen molar-refractivity contribution in [3.05, 3.63) is 123 Å². The fourth-order valence-corrected chi connectivity index (χ4v) is 18.0. The van der Waals surface area contributed by atoms with Crippen molar-refractivity contribution in [2.75, 3.05) is 181 Å². The van der Waals surface area contributed by atoms with Gasteiger partial charge in [-0.25, -0.2) is 44.9 Å². The molecular formula is C86H103Cl6N21O12. The summed E-state index contributed by atoms with van der Waals surface area (Å²) in [5.74, 6) is 5.17. The fourth-order valence-electron chi connectivity index (χ4n) is 15.9. The quantitative estimate of drug-likeness (QED) is 0.0197. The summed E-state index contributed by atoms with van der Waals surface area (Å²) >= 11 is 40.5. The van der Waals surface area contributed by atoms with Gasteiger partial charge in [0.25, 0.3) is 0 Å². The number of carbonyl (C=O) groups excluding carboxylic acids is 3. The van der Waals surface area contributed by atoms with E-state index >= 15 is 0 Å². The van der Waals surface area contributed by atoms with Gasteiger partial charge < -0.3 is 105 Å². The van der Waals surface area contributed by atoms with Crippen LogP contribution in [-0.2, 0) is 28.6 Å². The van der Waals surface area contributed by atoms with Gasteiger partial charge in [0.15, 0.2) is 17.5 Å². The van der Waals surface area contributed by atoms with Gasteiger partial charge in [0.1, 0.15) is 51.0 Å². The van der Waals surface area contributed by atoms with Crippen LogP contribution < -0.4 is 76.3 Å². The predicted molar refractivity (Wildman–Crippen MR) is 490 cm³/mol. The number of nitrogens with one attached hydrogen (secondary N) is 9. The van der Waals surface area contributed by atoms with Crippen LogP contribution in [0.25, 0.3) is 66.5 Å². The average molecular weight is 1840 g/mol. The van der Waals surface area contributed by atoms with Crippen LogP contribution in [0.2, 0.25) is 30.1 Å². The van der Waals surface area contributed by atoms with Gasteiger partial charge in [-0.1, -0.05) is 89.3 Å². The third kappa shape index (κ3) is 22.1. The Morgan fingerprint density at radius 3 is 1.09 bits per heavy atom. The zero-order valence-electron chi connectivity index (χ0n) is 70.9. The number of halogens is 6. The fraction of sp³-hybridized carbons (Fsp3) is 0.442. The summed E-state index contributed by atoms with van der Waals surface area (Å²) in [4.78, 5) is 86.1. The number of hydrogen-bond donors (Lipinski definition) is 9. The van der Waals surface area contributed by atoms with Crippen molar-refractivity contribution in [1.29, 1.82) is 0 Å². The van der Waals surface area contributed by atoms with Crippen LogP contribution in [0.1, 0.15) is 44.9 Å². The van der Waals surface area contributed by atoms with Gasteiger partial charge in [-0.15, -0.1) is 0 Å². The second-order valence-electron chi connectivity index (χ2n) is 31.0. The summed E-state index contributed by atoms with van der Waals surface area (Å²) in [6, 6.07) is 9.85. The molecule has 9 atom stereocenters. The number of methoxy groups -OCH3 is 6. The molecule has 0 bridgehead atoms. The van der Waals surface area contributed by atoms with Crippen molar-refractivity contribution < 1.29 is 57.0 Å². The maximum atomic E-state index is 12.0. The number of rotatable bonds is 29. The Balaban J connectivity index is 0.000000161. The molecule has 33 nitrogen and oxygen atoms in total. The van der Waals surface area contributed by atoms with Crippen LogP contribution >= 0.6 is 69.6 Å². The normalized spacial score (nSPS) is 20.8. The first-order valence-electron chi connectivity index (χ1n) is 40.9. The predicted octanol–water partition coefficient (Wildman–Crippen LogP) is 12.6. The number of aromatic nitrogens is 9. The van der Waals surface area contributed by atoms with Crippen LogP contribution in [0.3, 0.4) is 0 Å². The van der Waals surface area contributed by atoms with Gasteiger partial charge in [-0.3, -0.25) is 14.4 Å². The van der Waals surface area contributed by atoms with Crippen LogP contribution in [-0.4, -0.2) is 275 Å². The second kappa shape index (κ2) is 42.9. The summed E-state index contributed by atoms with van der Waals surface area (Å²) in [6.07, 6.45) is 15.2. The maximum absolute atomic E-state index is 12.0. The minimum Gasteiger partial charge on any atom is -0.495 e. The summed E-state index contributed by atoms with van der Waals surface area (Å²) in [5.41, 5.74) is 4.92. The molecule has 3 amide bonds. The highest BCUT2D eigenvalue weighted by atomic mass is 35.5. The van der Waals surface area contributed by atoms with E-state index in [0.717, 1.165) is 81.1 Å². The molecule has 6 aliphatic heterocycles. The van der Waals surface area contributed by atoms with Gasteiger partial charge in [0.2, 0.25) is 35.6 Å². The zero-order chi connectivity index (χ0) is 88.7. The van der Waals surface area contributed by atoms with Crippen molar-refractivity contribution in [3.63, 3.8) is 0 Å². The lowest BCUT2D eigenvalue weighted by Crippen LogP contribution is -2.52. The average Bonchev–Trinajstić information content (AvgIpc) is 1.24. The number of pyridine rings is 3. The van der Waals surface area contributed by atoms with E-state index in [-0.39, 0.29) is 60.0 Å². The highest BCUT2D eigenvalue weighted by molar-refractivity contribution is 6.42. The van der Waals surface area contributed by atoms with Gasteiger partial charge in [0.05, 0.1) is 146 Å². The van der Waals surface area contributed by atoms with E-state index < -0.39 is 0 Å². The molecule has 0 saturated carbocycles. The summed E-state index contributed by atoms with van der Waals surface area (Å²) < 4.78 is 49.9. The van der Waals surface area contributed by atoms with E-state index in [1.165, 1.54) is 60.9 Å². The summed E-state index contributed by atoms with van der Waals surface area (Å²) in [6.45, 7) is 19.8. The van der Waals surface area contributed by atoms with Crippen molar-refractivity contribution in [1.82, 2.24) is 75.5 Å². The molecule has 6 fully saturated rings. The first kappa shape index (κ1) is 92.5. The molecular weight excluding hydrogens is 1730 g/mol. The van der Waals surface area contributed by atoms with Gasteiger partial charge >= 0.3 is 0 Å². The largest absolute Gasteiger partial charge is 0.495 e. The van der Waals surface area contributed by atoms with Crippen LogP contribution in [0, 0.1) is 5.92 Å². The zero-order valence-corrected chi connectivity index (χ0v) is 75.5. The van der Waals surface area contributed by atoms with Crippen molar-refractivity contribution in [2.24, 2.45) is 5.92 Å². The lowest BCUT2D eigenvalue weighted by Gasteiger charge is -2.32. The maximum Gasteiger partial charge on any atom is 0.243 e. The Kier molecular flexibility index (Phi) is 31.8. The molecule has 6 aliphatic rings. The number of nitrogens with zero attached hydrogens (tertiary/aromatic N) is 12. The molecule has 3 aromatic carbocycles. The van der Waals surface area contributed by atoms with E-state index in [0.29, 0.717) is 228 Å². The second-order valence-corrected chi connectivity index (χ2v) is 33.2. The number of hydrogen-bond acceptors (Lipinski definition) is 30. The van der Waals surface area contributed by atoms with Crippen molar-refractivity contribution >= 4 is 155 Å². The van der Waals surface area contributed by atoms with Crippen LogP contribution in [0.4, 0.5) is 35.3 Å². The third-order valence-electron chi connectivity index (χ3n) is 22.7. The monoisotopic (exact) mass is 1830 g/mol. The Morgan fingerprint density at radius 1 is 0.424 bits per heavy atom. The number of likely N-dealkylation sites (N-methyl/N-ethyl adjacent to an activating group) is 2. The van der Waals surface area contributed by atoms with Gasteiger partial charge in [0, 0.05) is 128 Å². The van der Waals surface area contributed by atoms with E-state index in [2.05, 4.69) is 118 Å². The lowest BCUT2D eigenvalue weighted by molar-refractivity contribution is -0.118. The molecule has 39 heteroatoms. The Morgan fingerprint density at radius 2 is 0.768 bits per heavy atom. The van der Waals surface area contributed by atoms with E-state index in [1.807, 2.05) is 18.2 Å². The van der Waals surface area contributed by atoms with Crippen LogP contribution in [0.5, 0.6) is 34.5 Å². The number of ether oxygens (including phenoxy) is 9. The first-order chi connectivity index (χ1) is 60.4. The molecule has 3 unspecified atom stereocenters. The first-order valence-corrected chi connectivity index (χ1v) is 43.2. The topological polar surface area (TPSA) is 368 Å². The summed E-state index contributed by atoms with van der Waals surface area (Å²) in [7, 11) is 15.5. The number of amides is 3. The molecule has 0 radical (unpaired) electrons. The summed E-state index contributed by atoms with van der Waals surface area (Å²) in [5, 5.41) is 33.7. The number of likely N-dealkylation sites (tertiary alicyclic amines) is 3. The molecule has 0 spiro atoms.